The van der Waals surface area contributed by atoms with Crippen LogP contribution in [0, 0.1) is 0 Å². The summed E-state index contributed by atoms with van der Waals surface area (Å²) < 4.78 is 23.4. The molecule has 2 aromatic heterocycles. The predicted octanol–water partition coefficient (Wildman–Crippen LogP) is 0.335. The van der Waals surface area contributed by atoms with Gasteiger partial charge in [0.15, 0.2) is 0 Å². The van der Waals surface area contributed by atoms with E-state index in [1.54, 1.807) is 0 Å². The minimum atomic E-state index is -3.77. The van der Waals surface area contributed by atoms with E-state index in [1.807, 2.05) is 0 Å². The molecule has 0 saturated heterocycles. The number of hydrogen-bond acceptors (Lipinski definition) is 8. The second kappa shape index (κ2) is 6.30. The average Bonchev–Trinajstić information content (AvgIpc) is 2.95. The number of nitrogen functional groups attached to an aromatic ring is 1. The topological polar surface area (TPSA) is 159 Å². The van der Waals surface area contributed by atoms with Crippen LogP contribution in [-0.2, 0) is 10.0 Å². The van der Waals surface area contributed by atoms with Crippen molar-refractivity contribution < 1.29 is 13.2 Å². The molecule has 0 bridgehead atoms. The number of hydrogen-bond donors (Lipinski definition) is 3. The maximum atomic E-state index is 12.3. The maximum absolute atomic E-state index is 12.3. The Bertz CT molecular complexity index is 1010. The minimum Gasteiger partial charge on any atom is -0.368 e. The van der Waals surface area contributed by atoms with Gasteiger partial charge >= 0.3 is 0 Å². The maximum Gasteiger partial charge on any atom is 0.281 e. The lowest BCUT2D eigenvalue weighted by Gasteiger charge is -2.03. The van der Waals surface area contributed by atoms with E-state index in [1.165, 1.54) is 48.8 Å². The second-order valence-corrected chi connectivity index (χ2v) is 6.50. The molecule has 0 fully saturated rings. The number of benzene rings is 1. The predicted molar refractivity (Wildman–Crippen MR) is 89.5 cm³/mol. The van der Waals surface area contributed by atoms with Gasteiger partial charge in [0.1, 0.15) is 0 Å². The number of rotatable bonds is 4. The number of pyridine rings is 1. The van der Waals surface area contributed by atoms with Crippen molar-refractivity contribution in [3.63, 3.8) is 0 Å². The van der Waals surface area contributed by atoms with Crippen LogP contribution in [0.25, 0.3) is 0 Å². The third-order valence-electron chi connectivity index (χ3n) is 3.19. The molecule has 5 N–H and O–H groups in total. The summed E-state index contributed by atoms with van der Waals surface area (Å²) >= 11 is 0. The van der Waals surface area contributed by atoms with Crippen molar-refractivity contribution in [2.24, 2.45) is 5.14 Å². The van der Waals surface area contributed by atoms with Crippen molar-refractivity contribution in [2.75, 3.05) is 11.1 Å². The zero-order valence-electron chi connectivity index (χ0n) is 12.7. The first-order valence-corrected chi connectivity index (χ1v) is 8.46. The van der Waals surface area contributed by atoms with E-state index >= 15 is 0 Å². The van der Waals surface area contributed by atoms with Gasteiger partial charge in [-0.1, -0.05) is 0 Å². The van der Waals surface area contributed by atoms with E-state index in [0.717, 1.165) is 4.68 Å². The zero-order valence-corrected chi connectivity index (χ0v) is 13.5. The number of aromatic nitrogens is 4. The molecule has 25 heavy (non-hydrogen) atoms. The van der Waals surface area contributed by atoms with Crippen LogP contribution in [0.3, 0.4) is 0 Å². The van der Waals surface area contributed by atoms with Gasteiger partial charge in [-0.25, -0.2) is 13.6 Å². The Labute approximate surface area is 142 Å². The largest absolute Gasteiger partial charge is 0.368 e. The lowest BCUT2D eigenvalue weighted by Crippen LogP contribution is -2.16. The Hall–Kier alpha value is -3.31. The highest BCUT2D eigenvalue weighted by Gasteiger charge is 2.16. The van der Waals surface area contributed by atoms with E-state index in [2.05, 4.69) is 20.4 Å². The molecule has 1 aromatic carbocycles. The monoisotopic (exact) mass is 359 g/mol. The van der Waals surface area contributed by atoms with Crippen molar-refractivity contribution >= 4 is 33.5 Å². The Balaban J connectivity index is 1.82. The van der Waals surface area contributed by atoms with Gasteiger partial charge in [0.25, 0.3) is 5.91 Å². The fourth-order valence-electron chi connectivity index (χ4n) is 2.00. The SMILES string of the molecule is Nc1nc(Nc2ccc(S(N)(=O)=O)cc2)nn1C(=O)c1ccncc1. The number of anilines is 3. The summed E-state index contributed by atoms with van der Waals surface area (Å²) in [5.74, 6) is -0.459. The minimum absolute atomic E-state index is 0.0242. The van der Waals surface area contributed by atoms with Gasteiger partial charge in [0, 0.05) is 23.6 Å². The van der Waals surface area contributed by atoms with E-state index in [4.69, 9.17) is 10.9 Å². The standard InChI is InChI=1S/C14H13N7O3S/c15-13-19-14(18-10-1-3-11(4-2-10)25(16,23)24)20-21(13)12(22)9-5-7-17-8-6-9/h1-8H,(H2,16,23,24)(H3,15,18,19,20). The molecular formula is C14H13N7O3S. The van der Waals surface area contributed by atoms with Crippen LogP contribution in [0.5, 0.6) is 0 Å². The molecule has 10 nitrogen and oxygen atoms in total. The first kappa shape index (κ1) is 16.5. The van der Waals surface area contributed by atoms with Gasteiger partial charge < -0.3 is 11.1 Å². The molecule has 0 unspecified atom stereocenters. The average molecular weight is 359 g/mol. The molecule has 3 aromatic rings. The second-order valence-electron chi connectivity index (χ2n) is 4.94. The number of sulfonamides is 1. The normalized spacial score (nSPS) is 11.2. The number of carbonyl (C=O) groups excluding carboxylic acids is 1. The smallest absolute Gasteiger partial charge is 0.281 e. The Morgan fingerprint density at radius 3 is 2.32 bits per heavy atom. The van der Waals surface area contributed by atoms with E-state index in [-0.39, 0.29) is 16.8 Å². The van der Waals surface area contributed by atoms with Crippen molar-refractivity contribution in [1.82, 2.24) is 19.7 Å². The summed E-state index contributed by atoms with van der Waals surface area (Å²) in [4.78, 5) is 20.1. The van der Waals surface area contributed by atoms with Crippen LogP contribution in [0.2, 0.25) is 0 Å². The highest BCUT2D eigenvalue weighted by atomic mass is 32.2. The fourth-order valence-corrected chi connectivity index (χ4v) is 2.52. The van der Waals surface area contributed by atoms with Crippen molar-refractivity contribution in [2.45, 2.75) is 4.90 Å². The van der Waals surface area contributed by atoms with Crippen molar-refractivity contribution in [1.29, 1.82) is 0 Å². The number of nitrogens with one attached hydrogen (secondary N) is 1. The first-order chi connectivity index (χ1) is 11.8. The van der Waals surface area contributed by atoms with Crippen LogP contribution in [-0.4, -0.2) is 34.1 Å². The van der Waals surface area contributed by atoms with E-state index in [9.17, 15) is 13.2 Å². The molecule has 128 valence electrons. The summed E-state index contributed by atoms with van der Waals surface area (Å²) in [6.07, 6.45) is 2.96. The third-order valence-corrected chi connectivity index (χ3v) is 4.12. The number of primary sulfonamides is 1. The number of nitrogens with zero attached hydrogens (tertiary/aromatic N) is 4. The molecule has 0 aliphatic carbocycles. The molecule has 2 heterocycles. The van der Waals surface area contributed by atoms with Crippen LogP contribution in [0.1, 0.15) is 10.4 Å². The summed E-state index contributed by atoms with van der Waals surface area (Å²) in [5, 5.41) is 11.9. The van der Waals surface area contributed by atoms with Crippen LogP contribution < -0.4 is 16.2 Å². The van der Waals surface area contributed by atoms with Crippen LogP contribution in [0.15, 0.2) is 53.7 Å². The third kappa shape index (κ3) is 3.62. The summed E-state index contributed by atoms with van der Waals surface area (Å²) in [7, 11) is -3.77. The molecule has 0 radical (unpaired) electrons. The van der Waals surface area contributed by atoms with Crippen LogP contribution >= 0.6 is 0 Å². The van der Waals surface area contributed by atoms with E-state index in [0.29, 0.717) is 11.3 Å². The Kier molecular flexibility index (Phi) is 4.17. The molecular weight excluding hydrogens is 346 g/mol. The molecule has 0 saturated carbocycles. The number of carbonyl (C=O) groups is 1. The number of nitrogens with two attached hydrogens (primary N) is 2. The van der Waals surface area contributed by atoms with Gasteiger partial charge in [0.2, 0.25) is 21.9 Å². The first-order valence-electron chi connectivity index (χ1n) is 6.92. The Morgan fingerprint density at radius 1 is 1.08 bits per heavy atom. The highest BCUT2D eigenvalue weighted by molar-refractivity contribution is 7.89. The summed E-state index contributed by atoms with van der Waals surface area (Å²) in [5.41, 5.74) is 6.59. The molecule has 0 spiro atoms. The van der Waals surface area contributed by atoms with E-state index < -0.39 is 15.9 Å². The molecule has 0 amide bonds. The highest BCUT2D eigenvalue weighted by Crippen LogP contribution is 2.17. The zero-order chi connectivity index (χ0) is 18.0. The molecule has 0 aliphatic rings. The lowest BCUT2D eigenvalue weighted by atomic mass is 10.2. The molecule has 11 heteroatoms. The quantitative estimate of drug-likeness (QED) is 0.601. The molecule has 0 aliphatic heterocycles. The van der Waals surface area contributed by atoms with Crippen LogP contribution in [0.4, 0.5) is 17.6 Å². The summed E-state index contributed by atoms with van der Waals surface area (Å²) in [6.45, 7) is 0. The van der Waals surface area contributed by atoms with Crippen molar-refractivity contribution in [3.05, 3.63) is 54.4 Å². The van der Waals surface area contributed by atoms with Gasteiger partial charge in [-0.05, 0) is 36.4 Å². The van der Waals surface area contributed by atoms with Crippen molar-refractivity contribution in [3.8, 4) is 0 Å². The lowest BCUT2D eigenvalue weighted by molar-refractivity contribution is 0.0948. The molecule has 3 rings (SSSR count). The van der Waals surface area contributed by atoms with Gasteiger partial charge in [-0.2, -0.15) is 9.67 Å². The Morgan fingerprint density at radius 2 is 1.72 bits per heavy atom. The van der Waals surface area contributed by atoms with Gasteiger partial charge in [0.05, 0.1) is 4.90 Å². The summed E-state index contributed by atoms with van der Waals surface area (Å²) in [6, 6.07) is 8.70. The molecule has 0 atom stereocenters. The van der Waals surface area contributed by atoms with Gasteiger partial charge in [-0.3, -0.25) is 9.78 Å². The fraction of sp³-hybridized carbons (Fsp3) is 0. The van der Waals surface area contributed by atoms with Gasteiger partial charge in [-0.15, -0.1) is 5.10 Å².